The highest BCUT2D eigenvalue weighted by Crippen LogP contribution is 2.30. The molecule has 6 heteroatoms. The van der Waals surface area contributed by atoms with Crippen molar-refractivity contribution < 1.29 is 14.3 Å². The zero-order valence-corrected chi connectivity index (χ0v) is 7.04. The molecule has 0 aliphatic carbocycles. The van der Waals surface area contributed by atoms with Crippen LogP contribution in [0.1, 0.15) is 0 Å². The zero-order valence-electron chi connectivity index (χ0n) is 3.94. The molecule has 0 spiro atoms. The minimum absolute atomic E-state index is 1.43. The van der Waals surface area contributed by atoms with E-state index in [1.165, 1.54) is 0 Å². The third-order valence-corrected chi connectivity index (χ3v) is 2.25. The van der Waals surface area contributed by atoms with Crippen LogP contribution in [0.25, 0.3) is 0 Å². The number of rotatable bonds is 2. The fourth-order valence-corrected chi connectivity index (χ4v) is 0.383. The quantitative estimate of drug-likeness (QED) is 0.748. The van der Waals surface area contributed by atoms with E-state index in [0.29, 0.717) is 0 Å². The predicted octanol–water partition coefficient (Wildman–Crippen LogP) is 1.94. The standard InChI is InChI=1S/C3H2BrCl2FO2/c4-1(5)3(6,7)2(8)9/h1H,(H,8,9). The van der Waals surface area contributed by atoms with Gasteiger partial charge in [0, 0.05) is 0 Å². The Morgan fingerprint density at radius 3 is 2.22 bits per heavy atom. The van der Waals surface area contributed by atoms with E-state index in [9.17, 15) is 9.18 Å². The smallest absolute Gasteiger partial charge is 0.359 e. The highest BCUT2D eigenvalue weighted by atomic mass is 79.9. The Bertz CT molecular complexity index is 127. The van der Waals surface area contributed by atoms with Gasteiger partial charge in [-0.15, -0.1) is 11.6 Å². The van der Waals surface area contributed by atoms with Crippen molar-refractivity contribution in [1.29, 1.82) is 0 Å². The molecule has 2 unspecified atom stereocenters. The third kappa shape index (κ3) is 2.27. The Morgan fingerprint density at radius 2 is 2.22 bits per heavy atom. The molecule has 0 saturated carbocycles. The average molecular weight is 240 g/mol. The van der Waals surface area contributed by atoms with Crippen LogP contribution in [0.5, 0.6) is 0 Å². The summed E-state index contributed by atoms with van der Waals surface area (Å²) in [7, 11) is 0. The zero-order chi connectivity index (χ0) is 7.65. The molecule has 0 radical (unpaired) electrons. The molecule has 0 aliphatic heterocycles. The van der Waals surface area contributed by atoms with Crippen LogP contribution >= 0.6 is 39.1 Å². The van der Waals surface area contributed by atoms with Gasteiger partial charge in [-0.2, -0.15) is 0 Å². The number of carboxylic acid groups (broad SMARTS) is 1. The van der Waals surface area contributed by atoms with Gasteiger partial charge in [0.1, 0.15) is 4.29 Å². The molecular formula is C3H2BrCl2FO2. The second kappa shape index (κ2) is 3.03. The molecule has 0 amide bonds. The van der Waals surface area contributed by atoms with Crippen molar-refractivity contribution in [2.75, 3.05) is 0 Å². The molecule has 0 bridgehead atoms. The van der Waals surface area contributed by atoms with Crippen molar-refractivity contribution in [3.63, 3.8) is 0 Å². The van der Waals surface area contributed by atoms with Crippen LogP contribution in [-0.2, 0) is 4.79 Å². The fraction of sp³-hybridized carbons (Fsp3) is 0.667. The first-order chi connectivity index (χ1) is 3.89. The van der Waals surface area contributed by atoms with E-state index in [0.717, 1.165) is 0 Å². The predicted molar refractivity (Wildman–Crippen MR) is 35.9 cm³/mol. The van der Waals surface area contributed by atoms with Gasteiger partial charge < -0.3 is 5.11 Å². The number of halogens is 4. The van der Waals surface area contributed by atoms with Crippen molar-refractivity contribution in [3.05, 3.63) is 0 Å². The van der Waals surface area contributed by atoms with E-state index >= 15 is 0 Å². The molecule has 9 heavy (non-hydrogen) atoms. The Morgan fingerprint density at radius 1 is 1.89 bits per heavy atom. The van der Waals surface area contributed by atoms with Crippen LogP contribution in [0.4, 0.5) is 4.39 Å². The molecule has 0 aromatic heterocycles. The first kappa shape index (κ1) is 9.46. The second-order valence-corrected chi connectivity index (χ2v) is 3.66. The van der Waals surface area contributed by atoms with Gasteiger partial charge in [-0.3, -0.25) is 0 Å². The topological polar surface area (TPSA) is 37.3 Å². The van der Waals surface area contributed by atoms with E-state index in [1.807, 2.05) is 0 Å². The monoisotopic (exact) mass is 238 g/mol. The van der Waals surface area contributed by atoms with Crippen LogP contribution in [0, 0.1) is 0 Å². The Kier molecular flexibility index (Phi) is 3.19. The van der Waals surface area contributed by atoms with E-state index in [1.54, 1.807) is 0 Å². The first-order valence-electron chi connectivity index (χ1n) is 1.78. The maximum atomic E-state index is 12.3. The molecule has 0 aromatic carbocycles. The summed E-state index contributed by atoms with van der Waals surface area (Å²) >= 11 is 12.2. The number of hydrogen-bond acceptors (Lipinski definition) is 1. The highest BCUT2D eigenvalue weighted by Gasteiger charge is 2.42. The molecule has 0 aliphatic rings. The van der Waals surface area contributed by atoms with Gasteiger partial charge in [-0.25, -0.2) is 9.18 Å². The van der Waals surface area contributed by atoms with Gasteiger partial charge >= 0.3 is 11.1 Å². The van der Waals surface area contributed by atoms with E-state index in [-0.39, 0.29) is 0 Å². The van der Waals surface area contributed by atoms with Crippen molar-refractivity contribution in [2.24, 2.45) is 0 Å². The molecule has 1 N–H and O–H groups in total. The van der Waals surface area contributed by atoms with Crippen LogP contribution in [0.15, 0.2) is 0 Å². The minimum Gasteiger partial charge on any atom is -0.478 e. The van der Waals surface area contributed by atoms with E-state index in [4.69, 9.17) is 28.3 Å². The number of aliphatic carboxylic acids is 1. The maximum Gasteiger partial charge on any atom is 0.359 e. The minimum atomic E-state index is -2.93. The SMILES string of the molecule is O=C(O)C(F)(Cl)C(Cl)Br. The largest absolute Gasteiger partial charge is 0.478 e. The molecule has 0 heterocycles. The molecular weight excluding hydrogens is 238 g/mol. The van der Waals surface area contributed by atoms with Gasteiger partial charge in [-0.1, -0.05) is 27.5 Å². The van der Waals surface area contributed by atoms with E-state index < -0.39 is 15.4 Å². The Labute approximate surface area is 69.1 Å². The number of carbonyl (C=O) groups is 1. The molecule has 0 rings (SSSR count). The summed E-state index contributed by atoms with van der Waals surface area (Å²) in [5.74, 6) is -1.80. The summed E-state index contributed by atoms with van der Waals surface area (Å²) in [4.78, 5) is 9.84. The average Bonchev–Trinajstić information content (AvgIpc) is 1.65. The maximum absolute atomic E-state index is 12.3. The van der Waals surface area contributed by atoms with Gasteiger partial charge in [0.05, 0.1) is 0 Å². The van der Waals surface area contributed by atoms with Crippen molar-refractivity contribution >= 4 is 45.1 Å². The van der Waals surface area contributed by atoms with Gasteiger partial charge in [0.25, 0.3) is 0 Å². The van der Waals surface area contributed by atoms with Gasteiger partial charge in [0.2, 0.25) is 0 Å². The number of carboxylic acids is 1. The lowest BCUT2D eigenvalue weighted by molar-refractivity contribution is -0.144. The number of alkyl halides is 4. The third-order valence-electron chi connectivity index (χ3n) is 0.559. The van der Waals surface area contributed by atoms with Crippen LogP contribution in [0.2, 0.25) is 0 Å². The fourth-order valence-electron chi connectivity index (χ4n) is 0.0933. The summed E-state index contributed by atoms with van der Waals surface area (Å²) < 4.78 is 10.9. The Hall–Kier alpha value is 0.460. The summed E-state index contributed by atoms with van der Waals surface area (Å²) in [5.41, 5.74) is 0. The van der Waals surface area contributed by atoms with Crippen molar-refractivity contribution in [2.45, 2.75) is 9.41 Å². The first-order valence-corrected chi connectivity index (χ1v) is 3.51. The summed E-state index contributed by atoms with van der Waals surface area (Å²) in [6.07, 6.45) is 0. The molecule has 2 nitrogen and oxygen atoms in total. The second-order valence-electron chi connectivity index (χ2n) is 1.23. The Balaban J connectivity index is 4.19. The summed E-state index contributed by atoms with van der Waals surface area (Å²) in [6, 6.07) is 0. The molecule has 2 atom stereocenters. The number of hydrogen-bond donors (Lipinski definition) is 1. The van der Waals surface area contributed by atoms with Crippen LogP contribution in [0.3, 0.4) is 0 Å². The summed E-state index contributed by atoms with van der Waals surface area (Å²) in [5, 5.41) is 5.06. The summed E-state index contributed by atoms with van der Waals surface area (Å²) in [6.45, 7) is 0. The van der Waals surface area contributed by atoms with E-state index in [2.05, 4.69) is 15.9 Å². The van der Waals surface area contributed by atoms with Crippen molar-refractivity contribution in [1.82, 2.24) is 0 Å². The van der Waals surface area contributed by atoms with Crippen LogP contribution in [-0.4, -0.2) is 20.5 Å². The lowest BCUT2D eigenvalue weighted by Crippen LogP contribution is -2.33. The normalized spacial score (nSPS) is 20.4. The molecule has 0 aromatic rings. The molecule has 54 valence electrons. The lowest BCUT2D eigenvalue weighted by atomic mass is 10.4. The van der Waals surface area contributed by atoms with Crippen LogP contribution < -0.4 is 0 Å². The highest BCUT2D eigenvalue weighted by molar-refractivity contribution is 9.10. The van der Waals surface area contributed by atoms with Gasteiger partial charge in [-0.05, 0) is 0 Å². The molecule has 0 saturated heterocycles. The molecule has 0 fully saturated rings. The van der Waals surface area contributed by atoms with Crippen molar-refractivity contribution in [3.8, 4) is 0 Å². The van der Waals surface area contributed by atoms with Gasteiger partial charge in [0.15, 0.2) is 0 Å². The lowest BCUT2D eigenvalue weighted by Gasteiger charge is -2.11.